The zero-order chi connectivity index (χ0) is 22.6. The van der Waals surface area contributed by atoms with Gasteiger partial charge in [-0.2, -0.15) is 5.10 Å². The van der Waals surface area contributed by atoms with Gasteiger partial charge in [0.2, 0.25) is 0 Å². The first-order valence-corrected chi connectivity index (χ1v) is 11.7. The van der Waals surface area contributed by atoms with E-state index in [-0.39, 0.29) is 10.6 Å². The van der Waals surface area contributed by atoms with Crippen LogP contribution < -0.4 is 9.73 Å². The number of carbonyl (C=O) groups is 1. The van der Waals surface area contributed by atoms with Gasteiger partial charge < -0.3 is 4.42 Å². The number of carbonyl (C=O) groups excluding carboxylic acids is 1. The number of rotatable bonds is 7. The molecule has 0 atom stereocenters. The highest BCUT2D eigenvalue weighted by Crippen LogP contribution is 2.26. The van der Waals surface area contributed by atoms with Crippen LogP contribution in [0.2, 0.25) is 5.02 Å². The van der Waals surface area contributed by atoms with Crippen molar-refractivity contribution >= 4 is 55.4 Å². The van der Waals surface area contributed by atoms with E-state index in [1.54, 1.807) is 43.3 Å². The Morgan fingerprint density at radius 1 is 1.19 bits per heavy atom. The maximum atomic E-state index is 13.3. The summed E-state index contributed by atoms with van der Waals surface area (Å²) in [6, 6.07) is 14.4. The van der Waals surface area contributed by atoms with Crippen LogP contribution >= 0.6 is 27.5 Å². The molecule has 0 radical (unpaired) electrons. The molecule has 0 bridgehead atoms. The summed E-state index contributed by atoms with van der Waals surface area (Å²) in [4.78, 5) is 12.6. The second kappa shape index (κ2) is 9.67. The second-order valence-electron chi connectivity index (χ2n) is 6.65. The van der Waals surface area contributed by atoms with Crippen molar-refractivity contribution in [2.75, 3.05) is 10.8 Å². The van der Waals surface area contributed by atoms with Gasteiger partial charge in [-0.05, 0) is 60.1 Å². The smallest absolute Gasteiger partial charge is 0.264 e. The van der Waals surface area contributed by atoms with Gasteiger partial charge in [-0.15, -0.1) is 0 Å². The summed E-state index contributed by atoms with van der Waals surface area (Å²) in [6.07, 6.45) is 1.33. The molecule has 3 aromatic rings. The highest BCUT2D eigenvalue weighted by Gasteiger charge is 2.27. The number of furan rings is 1. The van der Waals surface area contributed by atoms with Crippen molar-refractivity contribution in [3.05, 3.63) is 81.2 Å². The highest BCUT2D eigenvalue weighted by atomic mass is 79.9. The van der Waals surface area contributed by atoms with E-state index in [0.717, 1.165) is 14.3 Å². The fourth-order valence-electron chi connectivity index (χ4n) is 2.66. The molecule has 1 aromatic heterocycles. The Balaban J connectivity index is 1.84. The zero-order valence-corrected chi connectivity index (χ0v) is 19.8. The second-order valence-corrected chi connectivity index (χ2v) is 9.80. The Hall–Kier alpha value is -2.62. The molecule has 0 aliphatic rings. The van der Waals surface area contributed by atoms with E-state index >= 15 is 0 Å². The normalized spacial score (nSPS) is 11.6. The Morgan fingerprint density at radius 3 is 2.52 bits per heavy atom. The van der Waals surface area contributed by atoms with E-state index < -0.39 is 22.5 Å². The van der Waals surface area contributed by atoms with Gasteiger partial charge in [0.25, 0.3) is 15.9 Å². The van der Waals surface area contributed by atoms with Gasteiger partial charge >= 0.3 is 0 Å². The van der Waals surface area contributed by atoms with Crippen LogP contribution in [0.25, 0.3) is 0 Å². The first-order valence-electron chi connectivity index (χ1n) is 9.09. The summed E-state index contributed by atoms with van der Waals surface area (Å²) in [5.41, 5.74) is 3.50. The lowest BCUT2D eigenvalue weighted by molar-refractivity contribution is -0.119. The van der Waals surface area contributed by atoms with Crippen LogP contribution in [0, 0.1) is 13.8 Å². The van der Waals surface area contributed by atoms with Crippen molar-refractivity contribution < 1.29 is 17.6 Å². The fraction of sp³-hybridized carbons (Fsp3) is 0.143. The van der Waals surface area contributed by atoms with Crippen molar-refractivity contribution in [3.8, 4) is 0 Å². The molecule has 0 fully saturated rings. The molecule has 31 heavy (non-hydrogen) atoms. The van der Waals surface area contributed by atoms with Gasteiger partial charge in [-0.1, -0.05) is 35.4 Å². The Morgan fingerprint density at radius 2 is 1.90 bits per heavy atom. The number of aryl methyl sites for hydroxylation is 2. The molecule has 1 N–H and O–H groups in total. The number of nitrogens with zero attached hydrogens (tertiary/aromatic N) is 2. The molecule has 0 aliphatic heterocycles. The van der Waals surface area contributed by atoms with E-state index in [1.807, 2.05) is 6.92 Å². The lowest BCUT2D eigenvalue weighted by Gasteiger charge is -2.24. The van der Waals surface area contributed by atoms with Crippen LogP contribution in [0.1, 0.15) is 17.1 Å². The van der Waals surface area contributed by atoms with Gasteiger partial charge in [0.15, 0.2) is 0 Å². The molecule has 0 unspecified atom stereocenters. The molecule has 0 saturated carbocycles. The van der Waals surface area contributed by atoms with E-state index in [1.165, 1.54) is 24.4 Å². The molecule has 3 rings (SSSR count). The van der Waals surface area contributed by atoms with Crippen molar-refractivity contribution in [2.45, 2.75) is 18.7 Å². The maximum absolute atomic E-state index is 13.3. The molecule has 0 saturated heterocycles. The van der Waals surface area contributed by atoms with Crippen molar-refractivity contribution in [1.29, 1.82) is 0 Å². The number of hydrogen-bond acceptors (Lipinski definition) is 5. The van der Waals surface area contributed by atoms with Crippen molar-refractivity contribution in [2.24, 2.45) is 5.10 Å². The molecular weight excluding hydrogens is 506 g/mol. The number of sulfonamides is 1. The first-order chi connectivity index (χ1) is 14.7. The summed E-state index contributed by atoms with van der Waals surface area (Å²) in [5.74, 6) is 0.474. The van der Waals surface area contributed by atoms with Gasteiger partial charge in [-0.25, -0.2) is 13.8 Å². The lowest BCUT2D eigenvalue weighted by Crippen LogP contribution is -2.39. The van der Waals surface area contributed by atoms with Crippen LogP contribution in [0.3, 0.4) is 0 Å². The first kappa shape index (κ1) is 23.1. The number of anilines is 1. The lowest BCUT2D eigenvalue weighted by atomic mass is 10.2. The summed E-state index contributed by atoms with van der Waals surface area (Å²) >= 11 is 9.37. The average Bonchev–Trinajstić information content (AvgIpc) is 3.03. The van der Waals surface area contributed by atoms with Crippen LogP contribution in [0.5, 0.6) is 0 Å². The zero-order valence-electron chi connectivity index (χ0n) is 16.7. The van der Waals surface area contributed by atoms with Crippen LogP contribution in [-0.2, 0) is 14.8 Å². The largest absolute Gasteiger partial charge is 0.459 e. The minimum Gasteiger partial charge on any atom is -0.459 e. The third-order valence-corrected chi connectivity index (χ3v) is 7.06. The number of benzene rings is 2. The number of hydrogen-bond donors (Lipinski definition) is 1. The van der Waals surface area contributed by atoms with Crippen LogP contribution in [0.15, 0.2) is 73.5 Å². The van der Waals surface area contributed by atoms with Crippen LogP contribution in [-0.4, -0.2) is 27.1 Å². The van der Waals surface area contributed by atoms with E-state index in [9.17, 15) is 13.2 Å². The van der Waals surface area contributed by atoms with E-state index in [2.05, 4.69) is 26.5 Å². The molecule has 2 aromatic carbocycles. The topological polar surface area (TPSA) is 92.0 Å². The molecule has 1 heterocycles. The number of halogens is 2. The maximum Gasteiger partial charge on any atom is 0.264 e. The Bertz CT molecular complexity index is 1200. The highest BCUT2D eigenvalue weighted by molar-refractivity contribution is 9.10. The summed E-state index contributed by atoms with van der Waals surface area (Å²) in [6.45, 7) is 3.14. The predicted octanol–water partition coefficient (Wildman–Crippen LogP) is 4.66. The summed E-state index contributed by atoms with van der Waals surface area (Å²) < 4.78 is 33.7. The minimum atomic E-state index is -4.02. The van der Waals surface area contributed by atoms with Crippen LogP contribution in [0.4, 0.5) is 5.69 Å². The number of nitrogens with one attached hydrogen (secondary N) is 1. The van der Waals surface area contributed by atoms with Crippen molar-refractivity contribution in [3.63, 3.8) is 0 Å². The minimum absolute atomic E-state index is 0.0605. The fourth-order valence-corrected chi connectivity index (χ4v) is 4.57. The predicted molar refractivity (Wildman–Crippen MR) is 124 cm³/mol. The molecule has 0 spiro atoms. The quantitative estimate of drug-likeness (QED) is 0.359. The van der Waals surface area contributed by atoms with E-state index in [4.69, 9.17) is 16.0 Å². The number of hydrazone groups is 1. The molecule has 0 aliphatic carbocycles. The standard InChI is InChI=1S/C21H19BrClN3O4S/c1-14-6-8-19(9-7-14)31(28,29)26(17-5-3-4-16(23)10-17)13-21(27)25-24-12-18-11-20(22)15(2)30-18/h3-12H,13H2,1-2H3,(H,25,27)/b24-12-. The van der Waals surface area contributed by atoms with Gasteiger partial charge in [0.1, 0.15) is 18.1 Å². The Kier molecular flexibility index (Phi) is 7.19. The van der Waals surface area contributed by atoms with Gasteiger partial charge in [0, 0.05) is 11.1 Å². The molecule has 1 amide bonds. The average molecular weight is 525 g/mol. The third-order valence-electron chi connectivity index (χ3n) is 4.25. The van der Waals surface area contributed by atoms with E-state index in [0.29, 0.717) is 16.5 Å². The van der Waals surface area contributed by atoms with Gasteiger partial charge in [-0.3, -0.25) is 9.10 Å². The molecule has 10 heteroatoms. The molecular formula is C21H19BrClN3O4S. The molecule has 162 valence electrons. The SMILES string of the molecule is Cc1ccc(S(=O)(=O)N(CC(=O)N/N=C\c2cc(Br)c(C)o2)c2cccc(Cl)c2)cc1. The van der Waals surface area contributed by atoms with Crippen molar-refractivity contribution in [1.82, 2.24) is 5.43 Å². The summed E-state index contributed by atoms with van der Waals surface area (Å²) in [5, 5.41) is 4.19. The third kappa shape index (κ3) is 5.75. The monoisotopic (exact) mass is 523 g/mol. The van der Waals surface area contributed by atoms with Gasteiger partial charge in [0.05, 0.1) is 21.3 Å². The summed E-state index contributed by atoms with van der Waals surface area (Å²) in [7, 11) is -4.02. The number of amides is 1. The molecule has 7 nitrogen and oxygen atoms in total. The Labute approximate surface area is 193 Å².